The number of aromatic nitrogens is 3. The molecule has 1 amide bonds. The van der Waals surface area contributed by atoms with Gasteiger partial charge in [-0.05, 0) is 17.7 Å². The maximum Gasteiger partial charge on any atom is 0.325 e. The summed E-state index contributed by atoms with van der Waals surface area (Å²) in [5.41, 5.74) is 1.48. The molecule has 0 fully saturated rings. The van der Waals surface area contributed by atoms with Crippen molar-refractivity contribution in [1.29, 1.82) is 0 Å². The number of nitrogens with zero attached hydrogens (tertiary/aromatic N) is 3. The number of ether oxygens (including phenoxy) is 2. The molecule has 4 aromatic rings. The molecule has 2 heterocycles. The monoisotopic (exact) mass is 448 g/mol. The minimum absolute atomic E-state index is 0.194. The fourth-order valence-corrected chi connectivity index (χ4v) is 3.91. The van der Waals surface area contributed by atoms with Crippen LogP contribution in [-0.4, -0.2) is 40.1 Å². The maximum atomic E-state index is 13.0. The van der Waals surface area contributed by atoms with E-state index in [1.165, 1.54) is 25.2 Å². The Morgan fingerprint density at radius 3 is 2.50 bits per heavy atom. The summed E-state index contributed by atoms with van der Waals surface area (Å²) >= 11 is 1.47. The lowest BCUT2D eigenvalue weighted by molar-refractivity contribution is -0.139. The van der Waals surface area contributed by atoms with Gasteiger partial charge in [0, 0.05) is 11.0 Å². The first kappa shape index (κ1) is 21.4. The van der Waals surface area contributed by atoms with Gasteiger partial charge in [-0.2, -0.15) is 5.10 Å². The van der Waals surface area contributed by atoms with E-state index in [4.69, 9.17) is 4.74 Å². The smallest absolute Gasteiger partial charge is 0.325 e. The number of carbonyl (C=O) groups excluding carboxylic acids is 2. The molecule has 0 spiro atoms. The van der Waals surface area contributed by atoms with Crippen molar-refractivity contribution >= 4 is 29.3 Å². The van der Waals surface area contributed by atoms with Gasteiger partial charge in [0.2, 0.25) is 0 Å². The van der Waals surface area contributed by atoms with Crippen LogP contribution < -0.4 is 10.1 Å². The van der Waals surface area contributed by atoms with Crippen LogP contribution in [0, 0.1) is 0 Å². The Kier molecular flexibility index (Phi) is 6.66. The van der Waals surface area contributed by atoms with Crippen molar-refractivity contribution < 1.29 is 19.1 Å². The number of hydrogen-bond donors (Lipinski definition) is 1. The van der Waals surface area contributed by atoms with E-state index < -0.39 is 11.9 Å². The van der Waals surface area contributed by atoms with Gasteiger partial charge in [0.25, 0.3) is 5.91 Å². The third-order valence-corrected chi connectivity index (χ3v) is 5.54. The van der Waals surface area contributed by atoms with E-state index in [0.29, 0.717) is 11.4 Å². The van der Waals surface area contributed by atoms with Crippen LogP contribution in [0.15, 0.2) is 83.0 Å². The largest absolute Gasteiger partial charge is 0.488 e. The molecule has 2 aromatic carbocycles. The van der Waals surface area contributed by atoms with Gasteiger partial charge >= 0.3 is 5.97 Å². The Morgan fingerprint density at radius 2 is 1.78 bits per heavy atom. The lowest BCUT2D eigenvalue weighted by Crippen LogP contribution is -2.31. The van der Waals surface area contributed by atoms with Crippen molar-refractivity contribution in [1.82, 2.24) is 19.9 Å². The number of fused-ring (bicyclic) bond motifs is 1. The minimum atomic E-state index is -0.557. The van der Waals surface area contributed by atoms with Gasteiger partial charge in [-0.15, -0.1) is 0 Å². The first-order chi connectivity index (χ1) is 15.7. The van der Waals surface area contributed by atoms with E-state index in [1.807, 2.05) is 60.7 Å². The van der Waals surface area contributed by atoms with Crippen molar-refractivity contribution in [3.8, 4) is 5.75 Å². The van der Waals surface area contributed by atoms with E-state index in [9.17, 15) is 9.59 Å². The van der Waals surface area contributed by atoms with Crippen molar-refractivity contribution in [2.75, 3.05) is 13.7 Å². The minimum Gasteiger partial charge on any atom is -0.488 e. The lowest BCUT2D eigenvalue weighted by Gasteiger charge is -2.15. The van der Waals surface area contributed by atoms with Crippen molar-refractivity contribution in [3.63, 3.8) is 0 Å². The molecule has 0 aliphatic carbocycles. The van der Waals surface area contributed by atoms with Crippen LogP contribution in [-0.2, 0) is 16.1 Å². The van der Waals surface area contributed by atoms with E-state index in [1.54, 1.807) is 10.6 Å². The molecular weight excluding hydrogens is 428 g/mol. The van der Waals surface area contributed by atoms with Gasteiger partial charge in [0.1, 0.15) is 35.8 Å². The van der Waals surface area contributed by atoms with Gasteiger partial charge in [0.05, 0.1) is 7.11 Å². The summed E-state index contributed by atoms with van der Waals surface area (Å²) in [5.74, 6) is -0.721. The van der Waals surface area contributed by atoms with Crippen LogP contribution in [0.2, 0.25) is 0 Å². The molecule has 8 nitrogen and oxygen atoms in total. The zero-order valence-corrected chi connectivity index (χ0v) is 18.0. The van der Waals surface area contributed by atoms with E-state index in [-0.39, 0.29) is 18.7 Å². The molecule has 0 unspecified atom stereocenters. The summed E-state index contributed by atoms with van der Waals surface area (Å²) in [7, 11) is 1.26. The van der Waals surface area contributed by atoms with Crippen LogP contribution in [0.1, 0.15) is 15.9 Å². The molecule has 0 radical (unpaired) electrons. The Morgan fingerprint density at radius 1 is 1.06 bits per heavy atom. The fraction of sp³-hybridized carbons (Fsp3) is 0.130. The van der Waals surface area contributed by atoms with Gasteiger partial charge in [-0.25, -0.2) is 9.50 Å². The zero-order valence-electron chi connectivity index (χ0n) is 17.2. The Labute approximate surface area is 188 Å². The quantitative estimate of drug-likeness (QED) is 0.413. The van der Waals surface area contributed by atoms with Crippen LogP contribution >= 0.6 is 11.8 Å². The summed E-state index contributed by atoms with van der Waals surface area (Å²) in [5, 5.41) is 7.58. The normalized spacial score (nSPS) is 10.7. The second-order valence-corrected chi connectivity index (χ2v) is 7.76. The first-order valence-corrected chi connectivity index (χ1v) is 10.6. The van der Waals surface area contributed by atoms with Crippen LogP contribution in [0.5, 0.6) is 5.75 Å². The molecule has 0 aliphatic heterocycles. The molecule has 1 N–H and O–H groups in total. The number of methoxy groups -OCH3 is 1. The number of amides is 1. The lowest BCUT2D eigenvalue weighted by atomic mass is 10.2. The maximum absolute atomic E-state index is 13.0. The van der Waals surface area contributed by atoms with Gasteiger partial charge in [0.15, 0.2) is 5.65 Å². The summed E-state index contributed by atoms with van der Waals surface area (Å²) in [6.45, 7) is -0.00779. The average molecular weight is 449 g/mol. The number of esters is 1. The molecule has 0 aliphatic rings. The average Bonchev–Trinajstić information content (AvgIpc) is 3.32. The van der Waals surface area contributed by atoms with Crippen molar-refractivity contribution in [2.24, 2.45) is 0 Å². The first-order valence-electron chi connectivity index (χ1n) is 9.77. The molecule has 9 heteroatoms. The summed E-state index contributed by atoms with van der Waals surface area (Å²) < 4.78 is 12.3. The van der Waals surface area contributed by atoms with Gasteiger partial charge in [-0.1, -0.05) is 60.3 Å². The number of carbonyl (C=O) groups is 2. The second-order valence-electron chi connectivity index (χ2n) is 6.67. The highest BCUT2D eigenvalue weighted by Gasteiger charge is 2.23. The highest BCUT2D eigenvalue weighted by molar-refractivity contribution is 7.99. The summed E-state index contributed by atoms with van der Waals surface area (Å²) in [6.07, 6.45) is 1.38. The third kappa shape index (κ3) is 4.89. The highest BCUT2D eigenvalue weighted by atomic mass is 32.2. The molecule has 0 saturated carbocycles. The molecular formula is C23H20N4O4S. The van der Waals surface area contributed by atoms with E-state index >= 15 is 0 Å². The van der Waals surface area contributed by atoms with Crippen molar-refractivity contribution in [2.45, 2.75) is 16.5 Å². The molecule has 162 valence electrons. The number of pyridine rings is 1. The number of rotatable bonds is 8. The van der Waals surface area contributed by atoms with Crippen LogP contribution in [0.25, 0.3) is 5.65 Å². The standard InChI is InChI=1S/C23H20N4O4S/c1-30-20(28)13-24-23(29)21-18(31-14-16-8-4-2-5-9-16)12-19(27-22(21)25-15-26-27)32-17-10-6-3-7-11-17/h2-12,15H,13-14H2,1H3,(H,24,29). The molecule has 0 saturated heterocycles. The Balaban J connectivity index is 1.73. The van der Waals surface area contributed by atoms with E-state index in [0.717, 1.165) is 15.5 Å². The predicted molar refractivity (Wildman–Crippen MR) is 119 cm³/mol. The summed E-state index contributed by atoms with van der Waals surface area (Å²) in [4.78, 5) is 29.8. The highest BCUT2D eigenvalue weighted by Crippen LogP contribution is 2.34. The zero-order chi connectivity index (χ0) is 22.3. The third-order valence-electron chi connectivity index (χ3n) is 4.53. The van der Waals surface area contributed by atoms with E-state index in [2.05, 4.69) is 20.1 Å². The summed E-state index contributed by atoms with van der Waals surface area (Å²) in [6, 6.07) is 21.2. The van der Waals surface area contributed by atoms with Crippen LogP contribution in [0.3, 0.4) is 0 Å². The SMILES string of the molecule is COC(=O)CNC(=O)c1c(OCc2ccccc2)cc(Sc2ccccc2)n2ncnc12. The number of hydrogen-bond acceptors (Lipinski definition) is 7. The van der Waals surface area contributed by atoms with Gasteiger partial charge < -0.3 is 14.8 Å². The molecule has 0 bridgehead atoms. The molecule has 2 aromatic heterocycles. The Hall–Kier alpha value is -3.85. The number of benzene rings is 2. The Bertz CT molecular complexity index is 1230. The molecule has 0 atom stereocenters. The molecule has 32 heavy (non-hydrogen) atoms. The fourth-order valence-electron chi connectivity index (χ4n) is 2.99. The van der Waals surface area contributed by atoms with Crippen LogP contribution in [0.4, 0.5) is 0 Å². The predicted octanol–water partition coefficient (Wildman–Crippen LogP) is 3.36. The second kappa shape index (κ2) is 9.97. The topological polar surface area (TPSA) is 94.8 Å². The number of nitrogens with one attached hydrogen (secondary N) is 1. The molecule has 4 rings (SSSR count). The van der Waals surface area contributed by atoms with Gasteiger partial charge in [-0.3, -0.25) is 9.59 Å². The van der Waals surface area contributed by atoms with Crippen molar-refractivity contribution in [3.05, 3.63) is 84.2 Å².